The van der Waals surface area contributed by atoms with Gasteiger partial charge in [-0.1, -0.05) is 32.6 Å². The molecule has 0 bridgehead atoms. The molecule has 1 heterocycles. The molecule has 3 atom stereocenters. The van der Waals surface area contributed by atoms with E-state index in [1.807, 2.05) is 0 Å². The van der Waals surface area contributed by atoms with Gasteiger partial charge in [0.05, 0.1) is 12.2 Å². The number of ether oxygens (including phenoxy) is 1. The molecular formula is C14H28O3Si. The van der Waals surface area contributed by atoms with E-state index >= 15 is 0 Å². The summed E-state index contributed by atoms with van der Waals surface area (Å²) >= 11 is 0. The van der Waals surface area contributed by atoms with Gasteiger partial charge < -0.3 is 14.3 Å². The first kappa shape index (κ1) is 14.5. The van der Waals surface area contributed by atoms with Crippen LogP contribution < -0.4 is 0 Å². The summed E-state index contributed by atoms with van der Waals surface area (Å²) in [6, 6.07) is 1.34. The molecule has 2 aliphatic rings. The minimum Gasteiger partial charge on any atom is -0.411 e. The highest BCUT2D eigenvalue weighted by atomic mass is 28.4. The van der Waals surface area contributed by atoms with Crippen molar-refractivity contribution in [3.8, 4) is 0 Å². The van der Waals surface area contributed by atoms with Gasteiger partial charge in [-0.3, -0.25) is 0 Å². The Morgan fingerprint density at radius 3 is 2.61 bits per heavy atom. The molecule has 3 unspecified atom stereocenters. The van der Waals surface area contributed by atoms with E-state index in [4.69, 9.17) is 4.74 Å². The second-order valence-electron chi connectivity index (χ2n) is 6.22. The molecule has 0 amide bonds. The Morgan fingerprint density at radius 1 is 1.06 bits per heavy atom. The number of epoxide rings is 1. The van der Waals surface area contributed by atoms with Crippen LogP contribution in [0.2, 0.25) is 12.1 Å². The van der Waals surface area contributed by atoms with Crippen molar-refractivity contribution in [3.05, 3.63) is 0 Å². The standard InChI is InChI=1S/C14H28O3Si/c1-2-3-4-5-9-18(15,16)10-8-12-6-7-13-14(11-12)17-13/h12-16H,2-11H2,1H3. The summed E-state index contributed by atoms with van der Waals surface area (Å²) < 4.78 is 5.52. The summed E-state index contributed by atoms with van der Waals surface area (Å²) in [5, 5.41) is 0. The van der Waals surface area contributed by atoms with E-state index in [1.165, 1.54) is 25.7 Å². The van der Waals surface area contributed by atoms with Crippen molar-refractivity contribution in [2.75, 3.05) is 0 Å². The lowest BCUT2D eigenvalue weighted by Crippen LogP contribution is -2.35. The van der Waals surface area contributed by atoms with Crippen molar-refractivity contribution in [3.63, 3.8) is 0 Å². The topological polar surface area (TPSA) is 53.0 Å². The molecule has 18 heavy (non-hydrogen) atoms. The molecule has 0 radical (unpaired) electrons. The number of unbranched alkanes of at least 4 members (excludes halogenated alkanes) is 3. The van der Waals surface area contributed by atoms with E-state index in [-0.39, 0.29) is 0 Å². The normalized spacial score (nSPS) is 31.2. The van der Waals surface area contributed by atoms with Crippen LogP contribution in [0.15, 0.2) is 0 Å². The van der Waals surface area contributed by atoms with Gasteiger partial charge in [0, 0.05) is 0 Å². The lowest BCUT2D eigenvalue weighted by Gasteiger charge is -2.23. The van der Waals surface area contributed by atoms with Crippen molar-refractivity contribution in [2.45, 2.75) is 82.6 Å². The molecule has 2 rings (SSSR count). The van der Waals surface area contributed by atoms with Crippen LogP contribution in [-0.2, 0) is 4.74 Å². The van der Waals surface area contributed by atoms with Crippen LogP contribution in [-0.4, -0.2) is 30.4 Å². The first-order valence-electron chi connectivity index (χ1n) is 7.71. The minimum atomic E-state index is -2.89. The molecule has 106 valence electrons. The van der Waals surface area contributed by atoms with Crippen molar-refractivity contribution in [1.82, 2.24) is 0 Å². The van der Waals surface area contributed by atoms with E-state index in [1.54, 1.807) is 0 Å². The third kappa shape index (κ3) is 4.65. The van der Waals surface area contributed by atoms with E-state index in [2.05, 4.69) is 6.92 Å². The molecule has 3 nitrogen and oxygen atoms in total. The quantitative estimate of drug-likeness (QED) is 0.406. The van der Waals surface area contributed by atoms with Crippen LogP contribution in [0, 0.1) is 5.92 Å². The Morgan fingerprint density at radius 2 is 1.89 bits per heavy atom. The summed E-state index contributed by atoms with van der Waals surface area (Å²) in [6.45, 7) is 2.18. The van der Waals surface area contributed by atoms with Gasteiger partial charge in [0.2, 0.25) is 0 Å². The predicted octanol–water partition coefficient (Wildman–Crippen LogP) is 2.95. The number of rotatable bonds is 8. The Balaban J connectivity index is 1.58. The lowest BCUT2D eigenvalue weighted by atomic mass is 9.88. The average molecular weight is 272 g/mol. The molecule has 1 saturated heterocycles. The van der Waals surface area contributed by atoms with Gasteiger partial charge in [-0.25, -0.2) is 0 Å². The van der Waals surface area contributed by atoms with Gasteiger partial charge in [-0.15, -0.1) is 0 Å². The first-order valence-corrected chi connectivity index (χ1v) is 10.0. The number of hydrogen-bond acceptors (Lipinski definition) is 3. The Bertz CT molecular complexity index is 257. The number of hydrogen-bond donors (Lipinski definition) is 2. The average Bonchev–Trinajstić information content (AvgIpc) is 3.11. The van der Waals surface area contributed by atoms with Crippen molar-refractivity contribution >= 4 is 8.56 Å². The summed E-state index contributed by atoms with van der Waals surface area (Å²) in [4.78, 5) is 20.2. The highest BCUT2D eigenvalue weighted by Gasteiger charge is 2.44. The fraction of sp³-hybridized carbons (Fsp3) is 1.00. The highest BCUT2D eigenvalue weighted by Crippen LogP contribution is 2.41. The van der Waals surface area contributed by atoms with E-state index in [9.17, 15) is 9.59 Å². The highest BCUT2D eigenvalue weighted by molar-refractivity contribution is 6.64. The molecule has 0 aromatic carbocycles. The van der Waals surface area contributed by atoms with Crippen molar-refractivity contribution in [2.24, 2.45) is 5.92 Å². The maximum absolute atomic E-state index is 10.1. The second-order valence-corrected chi connectivity index (χ2v) is 9.19. The van der Waals surface area contributed by atoms with Gasteiger partial charge in [0.25, 0.3) is 0 Å². The molecule has 1 aliphatic heterocycles. The molecular weight excluding hydrogens is 244 g/mol. The Kier molecular flexibility index (Phi) is 5.24. The van der Waals surface area contributed by atoms with Gasteiger partial charge in [0.15, 0.2) is 0 Å². The summed E-state index contributed by atoms with van der Waals surface area (Å²) in [7, 11) is -2.89. The monoisotopic (exact) mass is 272 g/mol. The van der Waals surface area contributed by atoms with Crippen molar-refractivity contribution in [1.29, 1.82) is 0 Å². The van der Waals surface area contributed by atoms with E-state index < -0.39 is 8.56 Å². The molecule has 0 aromatic rings. The van der Waals surface area contributed by atoms with Crippen LogP contribution in [0.5, 0.6) is 0 Å². The summed E-state index contributed by atoms with van der Waals surface area (Å²) in [6.07, 6.45) is 10.2. The molecule has 1 aliphatic carbocycles. The fourth-order valence-corrected chi connectivity index (χ4v) is 5.08. The van der Waals surface area contributed by atoms with Gasteiger partial charge >= 0.3 is 8.56 Å². The smallest absolute Gasteiger partial charge is 0.332 e. The van der Waals surface area contributed by atoms with Gasteiger partial charge in [-0.2, -0.15) is 0 Å². The summed E-state index contributed by atoms with van der Waals surface area (Å²) in [5.41, 5.74) is 0. The molecule has 2 fully saturated rings. The maximum atomic E-state index is 10.1. The predicted molar refractivity (Wildman–Crippen MR) is 74.6 cm³/mol. The molecule has 2 N–H and O–H groups in total. The fourth-order valence-electron chi connectivity index (χ4n) is 3.14. The van der Waals surface area contributed by atoms with E-state index in [0.29, 0.717) is 30.2 Å². The van der Waals surface area contributed by atoms with Gasteiger partial charge in [-0.05, 0) is 43.7 Å². The first-order chi connectivity index (χ1) is 8.61. The van der Waals surface area contributed by atoms with Crippen LogP contribution in [0.1, 0.15) is 58.3 Å². The van der Waals surface area contributed by atoms with Crippen molar-refractivity contribution < 1.29 is 14.3 Å². The van der Waals surface area contributed by atoms with Crippen LogP contribution in [0.4, 0.5) is 0 Å². The maximum Gasteiger partial charge on any atom is 0.332 e. The third-order valence-corrected chi connectivity index (χ3v) is 6.74. The molecule has 4 heteroatoms. The number of fused-ring (bicyclic) bond motifs is 1. The zero-order valence-corrected chi connectivity index (χ0v) is 12.6. The summed E-state index contributed by atoms with van der Waals surface area (Å²) in [5.74, 6) is 0.676. The lowest BCUT2D eigenvalue weighted by molar-refractivity contribution is 0.323. The van der Waals surface area contributed by atoms with Crippen LogP contribution in [0.25, 0.3) is 0 Å². The molecule has 1 saturated carbocycles. The van der Waals surface area contributed by atoms with E-state index in [0.717, 1.165) is 25.7 Å². The SMILES string of the molecule is CCCCCC[Si](O)(O)CCC1CCC2OC2C1. The van der Waals surface area contributed by atoms with Gasteiger partial charge in [0.1, 0.15) is 0 Å². The third-order valence-electron chi connectivity index (χ3n) is 4.50. The Hall–Kier alpha value is 0.0969. The molecule has 0 aromatic heterocycles. The molecule has 0 spiro atoms. The minimum absolute atomic E-state index is 0.516. The van der Waals surface area contributed by atoms with Crippen LogP contribution >= 0.6 is 0 Å². The van der Waals surface area contributed by atoms with Crippen LogP contribution in [0.3, 0.4) is 0 Å². The zero-order chi connectivity index (χ0) is 13.0. The second kappa shape index (κ2) is 6.50. The largest absolute Gasteiger partial charge is 0.411 e. The Labute approximate surface area is 112 Å². The zero-order valence-electron chi connectivity index (χ0n) is 11.6.